The molecule has 1 aliphatic heterocycles. The average molecular weight is 747 g/mol. The molecule has 4 aromatic carbocycles. The van der Waals surface area contributed by atoms with Gasteiger partial charge in [0.15, 0.2) is 12.2 Å². The Morgan fingerprint density at radius 2 is 0.722 bits per heavy atom. The zero-order chi connectivity index (χ0) is 39.1. The minimum absolute atomic E-state index is 0.202. The Morgan fingerprint density at radius 1 is 0.444 bits per heavy atom. The fraction of sp³-hybridized carbons (Fsp3) is 0.152. The number of carbonyl (C=O) groups is 4. The molecular formula is C33H22N4O17. The van der Waals surface area contributed by atoms with Crippen LogP contribution in [-0.4, -0.2) is 74.8 Å². The molecule has 0 N–H and O–H groups in total. The van der Waals surface area contributed by atoms with Gasteiger partial charge in [-0.3, -0.25) is 40.5 Å². The van der Waals surface area contributed by atoms with E-state index >= 15 is 0 Å². The molecule has 0 spiro atoms. The van der Waals surface area contributed by atoms with Crippen molar-refractivity contribution in [2.24, 2.45) is 0 Å². The summed E-state index contributed by atoms with van der Waals surface area (Å²) in [5.74, 6) is -4.68. The molecule has 276 valence electrons. The highest BCUT2D eigenvalue weighted by Gasteiger charge is 2.50. The van der Waals surface area contributed by atoms with E-state index < -0.39 is 74.8 Å². The van der Waals surface area contributed by atoms with E-state index in [9.17, 15) is 59.6 Å². The Hall–Kier alpha value is -7.68. The van der Waals surface area contributed by atoms with E-state index in [-0.39, 0.29) is 45.0 Å². The van der Waals surface area contributed by atoms with Crippen molar-refractivity contribution < 1.29 is 62.6 Å². The number of hydrogen-bond acceptors (Lipinski definition) is 17. The van der Waals surface area contributed by atoms with Gasteiger partial charge in [-0.2, -0.15) is 0 Å². The molecule has 54 heavy (non-hydrogen) atoms. The lowest BCUT2D eigenvalue weighted by Gasteiger charge is -2.40. The van der Waals surface area contributed by atoms with E-state index in [0.29, 0.717) is 0 Å². The van der Waals surface area contributed by atoms with Crippen LogP contribution in [0.2, 0.25) is 0 Å². The van der Waals surface area contributed by atoms with Gasteiger partial charge in [-0.25, -0.2) is 19.2 Å². The van der Waals surface area contributed by atoms with Crippen molar-refractivity contribution in [3.8, 4) is 0 Å². The topological polar surface area (TPSA) is 287 Å². The minimum Gasteiger partial charge on any atom is -0.452 e. The third kappa shape index (κ3) is 8.78. The van der Waals surface area contributed by atoms with Crippen LogP contribution in [0.15, 0.2) is 97.1 Å². The molecule has 0 aromatic heterocycles. The summed E-state index contributed by atoms with van der Waals surface area (Å²) in [5.41, 5.74) is -2.41. The number of nitro benzene ring substituents is 4. The minimum atomic E-state index is -1.97. The molecule has 21 nitrogen and oxygen atoms in total. The van der Waals surface area contributed by atoms with Crippen molar-refractivity contribution in [2.45, 2.75) is 24.6 Å². The van der Waals surface area contributed by atoms with Gasteiger partial charge in [-0.1, -0.05) is 0 Å². The zero-order valence-electron chi connectivity index (χ0n) is 27.0. The summed E-state index contributed by atoms with van der Waals surface area (Å²) in [4.78, 5) is 94.8. The first-order chi connectivity index (χ1) is 25.7. The number of nitrogens with zero attached hydrogens (tertiary/aromatic N) is 4. The summed E-state index contributed by atoms with van der Waals surface area (Å²) in [6, 6.07) is 16.4. The quantitative estimate of drug-likeness (QED) is 0.0833. The van der Waals surface area contributed by atoms with Crippen LogP contribution in [-0.2, 0) is 23.7 Å². The zero-order valence-corrected chi connectivity index (χ0v) is 27.0. The number of benzene rings is 4. The fourth-order valence-electron chi connectivity index (χ4n) is 4.85. The molecule has 0 saturated carbocycles. The van der Waals surface area contributed by atoms with Crippen LogP contribution >= 0.6 is 0 Å². The maximum atomic E-state index is 13.4. The maximum Gasteiger partial charge on any atom is 0.340 e. The van der Waals surface area contributed by atoms with Crippen LogP contribution in [0, 0.1) is 40.5 Å². The Balaban J connectivity index is 1.51. The molecule has 0 radical (unpaired) electrons. The number of hydrogen-bond donors (Lipinski definition) is 0. The fourth-order valence-corrected chi connectivity index (χ4v) is 4.85. The standard InChI is InChI=1S/C33H22N4O17/c38-29(18-1-9-22(10-2-18)34(42)43)51-26-17-50-33(54-32(41)21-7-15-25(16-8-21)37(48)49)28(53-31(40)20-5-13-24(14-6-20)36(46)47)27(26)52-30(39)19-3-11-23(12-4-19)35(44)45/h1-16,26-28,33H,17H2. The molecule has 1 aliphatic rings. The average Bonchev–Trinajstić information content (AvgIpc) is 3.16. The number of esters is 4. The van der Waals surface area contributed by atoms with Gasteiger partial charge in [0, 0.05) is 48.5 Å². The van der Waals surface area contributed by atoms with E-state index in [4.69, 9.17) is 23.7 Å². The highest BCUT2D eigenvalue weighted by molar-refractivity contribution is 5.92. The van der Waals surface area contributed by atoms with Crippen LogP contribution < -0.4 is 0 Å². The van der Waals surface area contributed by atoms with E-state index in [2.05, 4.69) is 0 Å². The van der Waals surface area contributed by atoms with Gasteiger partial charge < -0.3 is 23.7 Å². The van der Waals surface area contributed by atoms with Crippen molar-refractivity contribution in [2.75, 3.05) is 6.61 Å². The van der Waals surface area contributed by atoms with Gasteiger partial charge in [0.05, 0.1) is 48.6 Å². The first-order valence-corrected chi connectivity index (χ1v) is 15.1. The monoisotopic (exact) mass is 746 g/mol. The van der Waals surface area contributed by atoms with Gasteiger partial charge in [0.1, 0.15) is 0 Å². The highest BCUT2D eigenvalue weighted by atomic mass is 16.7. The van der Waals surface area contributed by atoms with Crippen LogP contribution in [0.4, 0.5) is 22.7 Å². The van der Waals surface area contributed by atoms with Gasteiger partial charge >= 0.3 is 23.9 Å². The van der Waals surface area contributed by atoms with Crippen molar-refractivity contribution in [3.05, 3.63) is 160 Å². The molecule has 4 unspecified atom stereocenters. The predicted octanol–water partition coefficient (Wildman–Crippen LogP) is 4.51. The molecule has 1 saturated heterocycles. The van der Waals surface area contributed by atoms with Crippen LogP contribution in [0.1, 0.15) is 41.4 Å². The van der Waals surface area contributed by atoms with Crippen molar-refractivity contribution in [1.82, 2.24) is 0 Å². The molecule has 1 heterocycles. The predicted molar refractivity (Wildman–Crippen MR) is 175 cm³/mol. The second-order valence-corrected chi connectivity index (χ2v) is 11.0. The lowest BCUT2D eigenvalue weighted by molar-refractivity contribution is -0.385. The second kappa shape index (κ2) is 16.1. The largest absolute Gasteiger partial charge is 0.452 e. The SMILES string of the molecule is O=C(OC1COC(OC(=O)c2ccc([N+](=O)[O-])cc2)C(OC(=O)c2ccc([N+](=O)[O-])cc2)C1OC(=O)c1ccc([N+](=O)[O-])cc1)c1ccc([N+](=O)[O-])cc1. The summed E-state index contributed by atoms with van der Waals surface area (Å²) in [5, 5.41) is 44.4. The number of nitro groups is 4. The third-order valence-electron chi connectivity index (χ3n) is 7.61. The van der Waals surface area contributed by atoms with Crippen molar-refractivity contribution in [1.29, 1.82) is 0 Å². The summed E-state index contributed by atoms with van der Waals surface area (Å²) < 4.78 is 27.9. The van der Waals surface area contributed by atoms with E-state index in [1.807, 2.05) is 0 Å². The number of non-ortho nitro benzene ring substituents is 4. The Morgan fingerprint density at radius 3 is 1.04 bits per heavy atom. The van der Waals surface area contributed by atoms with Gasteiger partial charge in [-0.05, 0) is 48.5 Å². The molecular weight excluding hydrogens is 724 g/mol. The van der Waals surface area contributed by atoms with E-state index in [1.165, 1.54) is 0 Å². The summed E-state index contributed by atoms with van der Waals surface area (Å²) in [6.07, 6.45) is -7.43. The number of carbonyl (C=O) groups excluding carboxylic acids is 4. The molecule has 21 heteroatoms. The summed E-state index contributed by atoms with van der Waals surface area (Å²) in [6.45, 7) is -0.694. The smallest absolute Gasteiger partial charge is 0.340 e. The van der Waals surface area contributed by atoms with E-state index in [1.54, 1.807) is 0 Å². The molecule has 4 aromatic rings. The molecule has 0 bridgehead atoms. The first-order valence-electron chi connectivity index (χ1n) is 15.1. The summed E-state index contributed by atoms with van der Waals surface area (Å²) in [7, 11) is 0. The van der Waals surface area contributed by atoms with Gasteiger partial charge in [-0.15, -0.1) is 0 Å². The van der Waals surface area contributed by atoms with Gasteiger partial charge in [0.25, 0.3) is 22.7 Å². The number of ether oxygens (including phenoxy) is 5. The van der Waals surface area contributed by atoms with Crippen molar-refractivity contribution >= 4 is 46.6 Å². The van der Waals surface area contributed by atoms with Gasteiger partial charge in [0.2, 0.25) is 12.4 Å². The molecule has 4 atom stereocenters. The first kappa shape index (κ1) is 37.6. The lowest BCUT2D eigenvalue weighted by Crippen LogP contribution is -2.58. The van der Waals surface area contributed by atoms with Crippen LogP contribution in [0.25, 0.3) is 0 Å². The van der Waals surface area contributed by atoms with Crippen LogP contribution in [0.3, 0.4) is 0 Å². The van der Waals surface area contributed by atoms with E-state index in [0.717, 1.165) is 97.1 Å². The Kier molecular flexibility index (Phi) is 11.2. The molecule has 1 fully saturated rings. The molecule has 0 amide bonds. The Labute approximate surface area is 300 Å². The Bertz CT molecular complexity index is 1970. The lowest BCUT2D eigenvalue weighted by atomic mass is 10.0. The van der Waals surface area contributed by atoms with Crippen molar-refractivity contribution in [3.63, 3.8) is 0 Å². The normalized spacial score (nSPS) is 17.6. The molecule has 0 aliphatic carbocycles. The summed E-state index contributed by atoms with van der Waals surface area (Å²) >= 11 is 0. The third-order valence-corrected chi connectivity index (χ3v) is 7.61. The molecule has 5 rings (SSSR count). The van der Waals surface area contributed by atoms with Crippen LogP contribution in [0.5, 0.6) is 0 Å². The highest BCUT2D eigenvalue weighted by Crippen LogP contribution is 2.29. The second-order valence-electron chi connectivity index (χ2n) is 11.0. The maximum absolute atomic E-state index is 13.4. The number of rotatable bonds is 12.